The first kappa shape index (κ1) is 21.5. The molecule has 4 rings (SSSR count). The van der Waals surface area contributed by atoms with E-state index in [2.05, 4.69) is 15.3 Å². The van der Waals surface area contributed by atoms with E-state index in [-0.39, 0.29) is 0 Å². The van der Waals surface area contributed by atoms with Crippen molar-refractivity contribution >= 4 is 0 Å². The van der Waals surface area contributed by atoms with Crippen LogP contribution in [0.15, 0.2) is 48.8 Å². The lowest BCUT2D eigenvalue weighted by Gasteiger charge is -2.42. The smallest absolute Gasteiger partial charge is 0.131 e. The second kappa shape index (κ2) is 8.79. The van der Waals surface area contributed by atoms with Crippen LogP contribution in [-0.4, -0.2) is 82.6 Å². The molecule has 3 heterocycles. The molecule has 0 amide bonds. The van der Waals surface area contributed by atoms with Gasteiger partial charge in [-0.1, -0.05) is 17.3 Å². The molecule has 0 saturated carbocycles. The monoisotopic (exact) mass is 428 g/mol. The van der Waals surface area contributed by atoms with Gasteiger partial charge in [-0.25, -0.2) is 4.68 Å². The highest BCUT2D eigenvalue weighted by atomic mass is 16.6. The summed E-state index contributed by atoms with van der Waals surface area (Å²) in [5.41, 5.74) is 3.18. The van der Waals surface area contributed by atoms with Crippen LogP contribution in [-0.2, 0) is 4.74 Å². The van der Waals surface area contributed by atoms with Crippen molar-refractivity contribution in [2.75, 3.05) is 6.61 Å². The minimum Gasteiger partial charge on any atom is -0.394 e. The third-order valence-corrected chi connectivity index (χ3v) is 5.50. The van der Waals surface area contributed by atoms with E-state index in [1.807, 2.05) is 18.2 Å². The van der Waals surface area contributed by atoms with E-state index in [0.29, 0.717) is 28.2 Å². The van der Waals surface area contributed by atoms with Gasteiger partial charge in [-0.2, -0.15) is 0 Å². The van der Waals surface area contributed by atoms with Gasteiger partial charge in [0.05, 0.1) is 24.2 Å². The van der Waals surface area contributed by atoms with Crippen LogP contribution >= 0.6 is 0 Å². The fraction of sp³-hybridized carbons (Fsp3) is 0.381. The van der Waals surface area contributed by atoms with Crippen LogP contribution in [0.5, 0.6) is 0 Å². The van der Waals surface area contributed by atoms with Gasteiger partial charge in [0.25, 0.3) is 0 Å². The molecule has 0 aliphatic carbocycles. The summed E-state index contributed by atoms with van der Waals surface area (Å²) < 4.78 is 7.06. The van der Waals surface area contributed by atoms with E-state index in [4.69, 9.17) is 4.74 Å². The van der Waals surface area contributed by atoms with Gasteiger partial charge in [0, 0.05) is 6.20 Å². The summed E-state index contributed by atoms with van der Waals surface area (Å²) in [6, 6.07) is 10.7. The molecular weight excluding hydrogens is 404 g/mol. The molecular formula is C21H24N4O6. The molecule has 2 aromatic heterocycles. The summed E-state index contributed by atoms with van der Waals surface area (Å²) in [5, 5.41) is 58.7. The SMILES string of the molecule is Cc1cc(-n2cc(-c3ccccn3)nn2)ccc1[C@@H](O)[C@H]1O[C@H](CO)[C@@H](O)[C@H](O)[C@@H]1O. The Morgan fingerprint density at radius 1 is 1.06 bits per heavy atom. The third-order valence-electron chi connectivity index (χ3n) is 5.50. The number of hydrogen-bond donors (Lipinski definition) is 5. The van der Waals surface area contributed by atoms with Crippen LogP contribution in [0.25, 0.3) is 17.1 Å². The first-order valence-electron chi connectivity index (χ1n) is 9.84. The molecule has 3 aromatic rings. The zero-order chi connectivity index (χ0) is 22.1. The summed E-state index contributed by atoms with van der Waals surface area (Å²) in [7, 11) is 0. The maximum atomic E-state index is 10.8. The fourth-order valence-corrected chi connectivity index (χ4v) is 3.72. The van der Waals surface area contributed by atoms with E-state index >= 15 is 0 Å². The number of aliphatic hydroxyl groups is 5. The maximum absolute atomic E-state index is 10.8. The van der Waals surface area contributed by atoms with E-state index in [0.717, 1.165) is 0 Å². The highest BCUT2D eigenvalue weighted by Gasteiger charge is 2.46. The molecule has 0 spiro atoms. The van der Waals surface area contributed by atoms with Crippen molar-refractivity contribution < 1.29 is 30.3 Å². The minimum atomic E-state index is -1.55. The lowest BCUT2D eigenvalue weighted by Crippen LogP contribution is -2.59. The lowest BCUT2D eigenvalue weighted by molar-refractivity contribution is -0.250. The summed E-state index contributed by atoms with van der Waals surface area (Å²) >= 11 is 0. The normalized spacial score (nSPS) is 27.2. The molecule has 10 heteroatoms. The summed E-state index contributed by atoms with van der Waals surface area (Å²) in [6.07, 6.45) is -4.74. The van der Waals surface area contributed by atoms with Gasteiger partial charge in [-0.05, 0) is 42.3 Å². The molecule has 0 bridgehead atoms. The minimum absolute atomic E-state index is 0.471. The van der Waals surface area contributed by atoms with Gasteiger partial charge in [-0.15, -0.1) is 5.10 Å². The predicted molar refractivity (Wildman–Crippen MR) is 108 cm³/mol. The number of nitrogens with zero attached hydrogens (tertiary/aromatic N) is 4. The Kier molecular flexibility index (Phi) is 6.10. The molecule has 1 aromatic carbocycles. The molecule has 0 radical (unpaired) electrons. The highest BCUT2D eigenvalue weighted by molar-refractivity contribution is 5.53. The van der Waals surface area contributed by atoms with Crippen molar-refractivity contribution in [1.82, 2.24) is 20.0 Å². The second-order valence-electron chi connectivity index (χ2n) is 7.54. The fourth-order valence-electron chi connectivity index (χ4n) is 3.72. The number of aryl methyl sites for hydroxylation is 1. The molecule has 5 N–H and O–H groups in total. The average molecular weight is 428 g/mol. The average Bonchev–Trinajstić information content (AvgIpc) is 3.28. The number of pyridine rings is 1. The first-order chi connectivity index (χ1) is 14.9. The Morgan fingerprint density at radius 2 is 1.87 bits per heavy atom. The topological polar surface area (TPSA) is 154 Å². The Hall–Kier alpha value is -2.73. The van der Waals surface area contributed by atoms with Crippen LogP contribution in [0, 0.1) is 6.92 Å². The van der Waals surface area contributed by atoms with Gasteiger partial charge in [0.2, 0.25) is 0 Å². The summed E-state index contributed by atoms with van der Waals surface area (Å²) in [4.78, 5) is 4.25. The molecule has 164 valence electrons. The largest absolute Gasteiger partial charge is 0.394 e. The van der Waals surface area contributed by atoms with E-state index in [1.54, 1.807) is 42.2 Å². The Balaban J connectivity index is 1.57. The summed E-state index contributed by atoms with van der Waals surface area (Å²) in [6.45, 7) is 1.22. The number of aromatic nitrogens is 4. The van der Waals surface area contributed by atoms with Crippen molar-refractivity contribution in [3.8, 4) is 17.1 Å². The van der Waals surface area contributed by atoms with Crippen molar-refractivity contribution in [3.63, 3.8) is 0 Å². The van der Waals surface area contributed by atoms with Crippen LogP contribution in [0.3, 0.4) is 0 Å². The van der Waals surface area contributed by atoms with Crippen molar-refractivity contribution in [3.05, 3.63) is 59.9 Å². The molecule has 1 aliphatic heterocycles. The van der Waals surface area contributed by atoms with E-state index < -0.39 is 43.2 Å². The first-order valence-corrected chi connectivity index (χ1v) is 9.84. The molecule has 1 fully saturated rings. The number of rotatable bonds is 5. The Labute approximate surface area is 178 Å². The van der Waals surface area contributed by atoms with E-state index in [9.17, 15) is 25.5 Å². The lowest BCUT2D eigenvalue weighted by atomic mass is 9.88. The number of benzene rings is 1. The van der Waals surface area contributed by atoms with Crippen molar-refractivity contribution in [2.24, 2.45) is 0 Å². The van der Waals surface area contributed by atoms with E-state index in [1.165, 1.54) is 0 Å². The maximum Gasteiger partial charge on any atom is 0.131 e. The standard InChI is InChI=1S/C21H24N4O6/c1-11-8-12(25-9-15(23-24-25)14-4-2-3-7-22-14)5-6-13(11)17(27)21-20(30)19(29)18(28)16(10-26)31-21/h2-9,16-21,26-30H,10H2,1H3/t16-,17-,18-,19+,20+,21-/m1/s1. The molecule has 0 unspecified atom stereocenters. The highest BCUT2D eigenvalue weighted by Crippen LogP contribution is 2.32. The second-order valence-corrected chi connectivity index (χ2v) is 7.54. The molecule has 31 heavy (non-hydrogen) atoms. The summed E-state index contributed by atoms with van der Waals surface area (Å²) in [5.74, 6) is 0. The third kappa shape index (κ3) is 4.09. The van der Waals surface area contributed by atoms with Crippen molar-refractivity contribution in [2.45, 2.75) is 43.5 Å². The Bertz CT molecular complexity index is 1030. The van der Waals surface area contributed by atoms with Crippen LogP contribution in [0.4, 0.5) is 0 Å². The quantitative estimate of drug-likeness (QED) is 0.362. The zero-order valence-corrected chi connectivity index (χ0v) is 16.7. The zero-order valence-electron chi connectivity index (χ0n) is 16.7. The van der Waals surface area contributed by atoms with Crippen LogP contribution < -0.4 is 0 Å². The van der Waals surface area contributed by atoms with Gasteiger partial charge in [0.15, 0.2) is 0 Å². The number of ether oxygens (including phenoxy) is 1. The molecule has 10 nitrogen and oxygen atoms in total. The number of hydrogen-bond acceptors (Lipinski definition) is 9. The molecule has 1 aliphatic rings. The molecule has 1 saturated heterocycles. The van der Waals surface area contributed by atoms with Gasteiger partial charge in [0.1, 0.15) is 42.3 Å². The van der Waals surface area contributed by atoms with Gasteiger partial charge in [-0.3, -0.25) is 4.98 Å². The van der Waals surface area contributed by atoms with Gasteiger partial charge >= 0.3 is 0 Å². The molecule has 6 atom stereocenters. The van der Waals surface area contributed by atoms with Gasteiger partial charge < -0.3 is 30.3 Å². The number of aliphatic hydroxyl groups excluding tert-OH is 5. The Morgan fingerprint density at radius 3 is 2.55 bits per heavy atom. The van der Waals surface area contributed by atoms with Crippen LogP contribution in [0.1, 0.15) is 17.2 Å². The predicted octanol–water partition coefficient (Wildman–Crippen LogP) is -0.486. The van der Waals surface area contributed by atoms with Crippen LogP contribution in [0.2, 0.25) is 0 Å². The van der Waals surface area contributed by atoms with Crippen molar-refractivity contribution in [1.29, 1.82) is 0 Å².